The molecule has 1 aliphatic rings. The first kappa shape index (κ1) is 21.3. The van der Waals surface area contributed by atoms with Crippen LogP contribution >= 0.6 is 11.6 Å². The summed E-state index contributed by atoms with van der Waals surface area (Å²) in [6.07, 6.45) is -0.526. The standard InChI is InChI=1S/C23H29ClN2O3/c1-6-25(7-2)15-10-11-16(21(12-15)28-5)22-17-13-19(24)20(26(8-3)9-4)14-18(17)23(27)29-22/h10-14,22H,6-9H2,1-5H3. The zero-order valence-corrected chi connectivity index (χ0v) is 18.5. The van der Waals surface area contributed by atoms with Crippen LogP contribution in [0.4, 0.5) is 11.4 Å². The van der Waals surface area contributed by atoms with E-state index in [2.05, 4.69) is 37.5 Å². The highest BCUT2D eigenvalue weighted by Crippen LogP contribution is 2.44. The molecule has 0 N–H and O–H groups in total. The van der Waals surface area contributed by atoms with Crippen LogP contribution in [-0.2, 0) is 4.74 Å². The Hall–Kier alpha value is -2.40. The van der Waals surface area contributed by atoms with Crippen LogP contribution in [0.3, 0.4) is 0 Å². The molecule has 0 aromatic heterocycles. The molecule has 0 saturated carbocycles. The lowest BCUT2D eigenvalue weighted by Gasteiger charge is -2.24. The van der Waals surface area contributed by atoms with Gasteiger partial charge < -0.3 is 19.3 Å². The van der Waals surface area contributed by atoms with Gasteiger partial charge in [0.25, 0.3) is 0 Å². The first-order valence-corrected chi connectivity index (χ1v) is 10.6. The van der Waals surface area contributed by atoms with E-state index in [1.165, 1.54) is 0 Å². The molecule has 0 amide bonds. The molecular formula is C23H29ClN2O3. The van der Waals surface area contributed by atoms with E-state index in [0.717, 1.165) is 48.7 Å². The number of nitrogens with zero attached hydrogens (tertiary/aromatic N) is 2. The van der Waals surface area contributed by atoms with Crippen molar-refractivity contribution >= 4 is 28.9 Å². The number of carbonyl (C=O) groups excluding carboxylic acids is 1. The maximum absolute atomic E-state index is 12.6. The number of cyclic esters (lactones) is 1. The average molecular weight is 417 g/mol. The Morgan fingerprint density at radius 3 is 2.21 bits per heavy atom. The number of carbonyl (C=O) groups is 1. The van der Waals surface area contributed by atoms with E-state index >= 15 is 0 Å². The van der Waals surface area contributed by atoms with Gasteiger partial charge in [-0.15, -0.1) is 0 Å². The minimum atomic E-state index is -0.526. The van der Waals surface area contributed by atoms with Gasteiger partial charge in [0, 0.05) is 49.1 Å². The summed E-state index contributed by atoms with van der Waals surface area (Å²) in [5.74, 6) is 0.369. The minimum Gasteiger partial charge on any atom is -0.496 e. The van der Waals surface area contributed by atoms with E-state index in [0.29, 0.717) is 16.3 Å². The largest absolute Gasteiger partial charge is 0.496 e. The van der Waals surface area contributed by atoms with E-state index in [1.807, 2.05) is 30.3 Å². The maximum atomic E-state index is 12.6. The fourth-order valence-corrected chi connectivity index (χ4v) is 4.24. The third kappa shape index (κ3) is 3.88. The second kappa shape index (κ2) is 8.95. The molecule has 0 fully saturated rings. The van der Waals surface area contributed by atoms with Gasteiger partial charge in [-0.3, -0.25) is 0 Å². The molecule has 3 rings (SSSR count). The van der Waals surface area contributed by atoms with Crippen LogP contribution in [0, 0.1) is 0 Å². The summed E-state index contributed by atoms with van der Waals surface area (Å²) in [5.41, 5.74) is 4.11. The Labute approximate surface area is 178 Å². The van der Waals surface area contributed by atoms with E-state index in [1.54, 1.807) is 7.11 Å². The number of hydrogen-bond acceptors (Lipinski definition) is 5. The molecule has 6 heteroatoms. The molecule has 0 aliphatic carbocycles. The molecule has 2 aromatic carbocycles. The van der Waals surface area contributed by atoms with Crippen molar-refractivity contribution in [1.82, 2.24) is 0 Å². The van der Waals surface area contributed by atoms with Gasteiger partial charge in [-0.1, -0.05) is 11.6 Å². The number of benzene rings is 2. The maximum Gasteiger partial charge on any atom is 0.339 e. The lowest BCUT2D eigenvalue weighted by atomic mass is 9.97. The predicted octanol–water partition coefficient (Wildman–Crippen LogP) is 5.30. The fraction of sp³-hybridized carbons (Fsp3) is 0.435. The number of esters is 1. The van der Waals surface area contributed by atoms with E-state index in [4.69, 9.17) is 21.1 Å². The van der Waals surface area contributed by atoms with Gasteiger partial charge in [-0.05, 0) is 52.0 Å². The number of anilines is 2. The van der Waals surface area contributed by atoms with Gasteiger partial charge in [-0.2, -0.15) is 0 Å². The molecule has 5 nitrogen and oxygen atoms in total. The van der Waals surface area contributed by atoms with E-state index < -0.39 is 6.10 Å². The molecule has 29 heavy (non-hydrogen) atoms. The number of halogens is 1. The monoisotopic (exact) mass is 416 g/mol. The molecule has 2 aromatic rings. The minimum absolute atomic E-state index is 0.329. The summed E-state index contributed by atoms with van der Waals surface area (Å²) >= 11 is 6.59. The lowest BCUT2D eigenvalue weighted by Crippen LogP contribution is -2.22. The fourth-order valence-electron chi connectivity index (χ4n) is 3.94. The molecule has 156 valence electrons. The van der Waals surface area contributed by atoms with Gasteiger partial charge in [0.15, 0.2) is 6.10 Å². The first-order chi connectivity index (χ1) is 14.0. The Morgan fingerprint density at radius 2 is 1.62 bits per heavy atom. The van der Waals surface area contributed by atoms with Crippen LogP contribution in [0.1, 0.15) is 55.3 Å². The van der Waals surface area contributed by atoms with Crippen molar-refractivity contribution in [3.63, 3.8) is 0 Å². The van der Waals surface area contributed by atoms with Crippen molar-refractivity contribution in [2.75, 3.05) is 43.1 Å². The second-order valence-electron chi connectivity index (χ2n) is 6.95. The van der Waals surface area contributed by atoms with Gasteiger partial charge in [0.05, 0.1) is 23.4 Å². The summed E-state index contributed by atoms with van der Waals surface area (Å²) in [7, 11) is 1.64. The molecule has 1 atom stereocenters. The second-order valence-corrected chi connectivity index (χ2v) is 7.35. The van der Waals surface area contributed by atoms with Crippen molar-refractivity contribution in [3.05, 3.63) is 52.0 Å². The normalized spacial score (nSPS) is 15.1. The molecular weight excluding hydrogens is 388 g/mol. The van der Waals surface area contributed by atoms with Crippen molar-refractivity contribution in [1.29, 1.82) is 0 Å². The SMILES string of the molecule is CCN(CC)c1ccc(C2OC(=O)c3cc(N(CC)CC)c(Cl)cc32)c(OC)c1. The Kier molecular flexibility index (Phi) is 6.58. The summed E-state index contributed by atoms with van der Waals surface area (Å²) in [6.45, 7) is 11.8. The summed E-state index contributed by atoms with van der Waals surface area (Å²) in [6, 6.07) is 9.73. The van der Waals surface area contributed by atoms with Crippen molar-refractivity contribution < 1.29 is 14.3 Å². The third-order valence-electron chi connectivity index (χ3n) is 5.58. The Balaban J connectivity index is 2.05. The molecule has 0 spiro atoms. The van der Waals surface area contributed by atoms with Gasteiger partial charge in [0.1, 0.15) is 5.75 Å². The lowest BCUT2D eigenvalue weighted by molar-refractivity contribution is 0.0452. The smallest absolute Gasteiger partial charge is 0.339 e. The summed E-state index contributed by atoms with van der Waals surface area (Å²) in [4.78, 5) is 17.0. The average Bonchev–Trinajstić information content (AvgIpc) is 3.05. The highest BCUT2D eigenvalue weighted by Gasteiger charge is 2.35. The van der Waals surface area contributed by atoms with Gasteiger partial charge >= 0.3 is 5.97 Å². The molecule has 0 saturated heterocycles. The zero-order chi connectivity index (χ0) is 21.1. The highest BCUT2D eigenvalue weighted by molar-refractivity contribution is 6.33. The summed E-state index contributed by atoms with van der Waals surface area (Å²) in [5, 5.41) is 0.620. The van der Waals surface area contributed by atoms with E-state index in [9.17, 15) is 4.79 Å². The summed E-state index contributed by atoms with van der Waals surface area (Å²) < 4.78 is 11.4. The molecule has 1 aliphatic heterocycles. The van der Waals surface area contributed by atoms with Crippen molar-refractivity contribution in [3.8, 4) is 5.75 Å². The quantitative estimate of drug-likeness (QED) is 0.546. The van der Waals surface area contributed by atoms with Crippen LogP contribution in [0.5, 0.6) is 5.75 Å². The van der Waals surface area contributed by atoms with Crippen molar-refractivity contribution in [2.45, 2.75) is 33.8 Å². The van der Waals surface area contributed by atoms with Gasteiger partial charge in [0.2, 0.25) is 0 Å². The van der Waals surface area contributed by atoms with Gasteiger partial charge in [-0.25, -0.2) is 4.79 Å². The van der Waals surface area contributed by atoms with Crippen LogP contribution < -0.4 is 14.5 Å². The predicted molar refractivity (Wildman–Crippen MR) is 119 cm³/mol. The number of ether oxygens (including phenoxy) is 2. The van der Waals surface area contributed by atoms with Crippen LogP contribution in [0.25, 0.3) is 0 Å². The number of fused-ring (bicyclic) bond motifs is 1. The molecule has 0 radical (unpaired) electrons. The molecule has 1 heterocycles. The Morgan fingerprint density at radius 1 is 0.966 bits per heavy atom. The zero-order valence-electron chi connectivity index (χ0n) is 17.8. The van der Waals surface area contributed by atoms with Crippen molar-refractivity contribution in [2.24, 2.45) is 0 Å². The van der Waals surface area contributed by atoms with Crippen LogP contribution in [0.15, 0.2) is 30.3 Å². The van der Waals surface area contributed by atoms with Crippen LogP contribution in [0.2, 0.25) is 5.02 Å². The number of methoxy groups -OCH3 is 1. The van der Waals surface area contributed by atoms with E-state index in [-0.39, 0.29) is 5.97 Å². The third-order valence-corrected chi connectivity index (χ3v) is 5.88. The first-order valence-electron chi connectivity index (χ1n) is 10.2. The highest BCUT2D eigenvalue weighted by atomic mass is 35.5. The Bertz CT molecular complexity index is 892. The number of hydrogen-bond donors (Lipinski definition) is 0. The molecule has 1 unspecified atom stereocenters. The number of rotatable bonds is 8. The molecule has 0 bridgehead atoms. The van der Waals surface area contributed by atoms with Crippen LogP contribution in [-0.4, -0.2) is 39.3 Å². The topological polar surface area (TPSA) is 42.0 Å².